The molecule has 0 radical (unpaired) electrons. The smallest absolute Gasteiger partial charge is 0.313 e. The van der Waals surface area contributed by atoms with Gasteiger partial charge >= 0.3 is 11.8 Å². The van der Waals surface area contributed by atoms with Crippen LogP contribution < -0.4 is 11.1 Å². The highest BCUT2D eigenvalue weighted by atomic mass is 16.3. The fourth-order valence-electron chi connectivity index (χ4n) is 4.30. The van der Waals surface area contributed by atoms with Crippen molar-refractivity contribution in [2.75, 3.05) is 11.9 Å². The fraction of sp³-hybridized carbons (Fsp3) is 0.391. The van der Waals surface area contributed by atoms with Gasteiger partial charge in [-0.25, -0.2) is 0 Å². The van der Waals surface area contributed by atoms with Crippen LogP contribution in [0.1, 0.15) is 66.1 Å². The molecule has 1 saturated heterocycles. The van der Waals surface area contributed by atoms with E-state index in [-0.39, 0.29) is 17.3 Å². The molecule has 162 valence electrons. The van der Waals surface area contributed by atoms with Crippen molar-refractivity contribution in [1.82, 2.24) is 9.88 Å². The third-order valence-corrected chi connectivity index (χ3v) is 6.25. The minimum absolute atomic E-state index is 0.148. The molecule has 0 bridgehead atoms. The molecule has 1 saturated carbocycles. The van der Waals surface area contributed by atoms with E-state index in [1.165, 1.54) is 18.5 Å². The molecular weight excluding hydrogens is 396 g/mol. The van der Waals surface area contributed by atoms with E-state index in [0.717, 1.165) is 49.7 Å². The number of rotatable bonds is 4. The van der Waals surface area contributed by atoms with Crippen LogP contribution in [0.2, 0.25) is 0 Å². The van der Waals surface area contributed by atoms with Crippen molar-refractivity contribution in [3.05, 3.63) is 59.4 Å². The summed E-state index contributed by atoms with van der Waals surface area (Å²) in [5, 5.41) is 13.1. The van der Waals surface area contributed by atoms with Gasteiger partial charge < -0.3 is 21.1 Å². The summed E-state index contributed by atoms with van der Waals surface area (Å²) in [5.74, 6) is -2.08. The van der Waals surface area contributed by atoms with Crippen molar-refractivity contribution in [3.63, 3.8) is 0 Å². The number of pyridine rings is 1. The number of anilines is 1. The predicted molar refractivity (Wildman–Crippen MR) is 114 cm³/mol. The maximum absolute atomic E-state index is 12.9. The first-order chi connectivity index (χ1) is 14.9. The Morgan fingerprint density at radius 3 is 2.48 bits per heavy atom. The lowest BCUT2D eigenvalue weighted by molar-refractivity contribution is -0.145. The SMILES string of the molecule is NC(=O)c1cncc(NC(=O)C(=O)N2CCCC[C@H]2c2ccc(C3(O)CCC3)cc2)c1. The molecule has 1 aliphatic carbocycles. The normalized spacial score (nSPS) is 19.9. The first-order valence-electron chi connectivity index (χ1n) is 10.6. The summed E-state index contributed by atoms with van der Waals surface area (Å²) in [6.07, 6.45) is 7.77. The Balaban J connectivity index is 1.49. The number of benzene rings is 1. The molecule has 1 aromatic heterocycles. The van der Waals surface area contributed by atoms with Gasteiger partial charge in [0.05, 0.1) is 29.1 Å². The number of aromatic nitrogens is 1. The van der Waals surface area contributed by atoms with Gasteiger partial charge in [-0.2, -0.15) is 0 Å². The zero-order chi connectivity index (χ0) is 22.0. The zero-order valence-corrected chi connectivity index (χ0v) is 17.2. The Kier molecular flexibility index (Phi) is 5.73. The predicted octanol–water partition coefficient (Wildman–Crippen LogP) is 2.24. The number of primary amides is 1. The summed E-state index contributed by atoms with van der Waals surface area (Å²) in [6.45, 7) is 0.488. The maximum Gasteiger partial charge on any atom is 0.313 e. The summed E-state index contributed by atoms with van der Waals surface area (Å²) in [6, 6.07) is 8.92. The number of aliphatic hydroxyl groups is 1. The first-order valence-corrected chi connectivity index (χ1v) is 10.6. The second kappa shape index (κ2) is 8.47. The minimum Gasteiger partial charge on any atom is -0.385 e. The van der Waals surface area contributed by atoms with Crippen molar-refractivity contribution < 1.29 is 19.5 Å². The van der Waals surface area contributed by atoms with E-state index in [0.29, 0.717) is 6.54 Å². The number of carbonyl (C=O) groups excluding carboxylic acids is 3. The summed E-state index contributed by atoms with van der Waals surface area (Å²) in [4.78, 5) is 42.3. The lowest BCUT2D eigenvalue weighted by atomic mass is 9.75. The topological polar surface area (TPSA) is 126 Å². The van der Waals surface area contributed by atoms with Gasteiger partial charge in [0, 0.05) is 12.7 Å². The second-order valence-corrected chi connectivity index (χ2v) is 8.30. The molecule has 2 fully saturated rings. The molecule has 4 rings (SSSR count). The Bertz CT molecular complexity index is 1000. The molecule has 31 heavy (non-hydrogen) atoms. The van der Waals surface area contributed by atoms with Crippen molar-refractivity contribution >= 4 is 23.4 Å². The number of likely N-dealkylation sites (tertiary alicyclic amines) is 1. The van der Waals surface area contributed by atoms with Gasteiger partial charge in [0.2, 0.25) is 5.91 Å². The lowest BCUT2D eigenvalue weighted by Gasteiger charge is -2.38. The monoisotopic (exact) mass is 422 g/mol. The number of hydrogen-bond acceptors (Lipinski definition) is 5. The molecule has 1 atom stereocenters. The number of piperidine rings is 1. The number of hydrogen-bond donors (Lipinski definition) is 3. The van der Waals surface area contributed by atoms with Crippen LogP contribution in [0.5, 0.6) is 0 Å². The maximum atomic E-state index is 12.9. The molecule has 2 aromatic rings. The highest BCUT2D eigenvalue weighted by Gasteiger charge is 2.37. The van der Waals surface area contributed by atoms with Gasteiger partial charge in [0.15, 0.2) is 0 Å². The molecule has 0 unspecified atom stereocenters. The molecule has 8 nitrogen and oxygen atoms in total. The van der Waals surface area contributed by atoms with Gasteiger partial charge in [-0.15, -0.1) is 0 Å². The molecule has 2 aliphatic rings. The van der Waals surface area contributed by atoms with Gasteiger partial charge in [-0.1, -0.05) is 24.3 Å². The van der Waals surface area contributed by atoms with E-state index in [1.807, 2.05) is 24.3 Å². The van der Waals surface area contributed by atoms with Crippen LogP contribution in [-0.2, 0) is 15.2 Å². The number of nitrogens with one attached hydrogen (secondary N) is 1. The summed E-state index contributed by atoms with van der Waals surface area (Å²) in [7, 11) is 0. The van der Waals surface area contributed by atoms with Crippen LogP contribution in [0.3, 0.4) is 0 Å². The van der Waals surface area contributed by atoms with Crippen LogP contribution >= 0.6 is 0 Å². The van der Waals surface area contributed by atoms with Crippen LogP contribution in [0.4, 0.5) is 5.69 Å². The van der Waals surface area contributed by atoms with Crippen LogP contribution in [0.15, 0.2) is 42.7 Å². The number of amides is 3. The Hall–Kier alpha value is -3.26. The van der Waals surface area contributed by atoms with E-state index in [9.17, 15) is 19.5 Å². The Morgan fingerprint density at radius 1 is 1.10 bits per heavy atom. The van der Waals surface area contributed by atoms with Crippen molar-refractivity contribution in [3.8, 4) is 0 Å². The second-order valence-electron chi connectivity index (χ2n) is 8.30. The molecule has 8 heteroatoms. The third kappa shape index (κ3) is 4.29. The number of carbonyl (C=O) groups is 3. The third-order valence-electron chi connectivity index (χ3n) is 6.25. The van der Waals surface area contributed by atoms with Gasteiger partial charge in [-0.05, 0) is 55.7 Å². The molecule has 2 heterocycles. The Morgan fingerprint density at radius 2 is 1.84 bits per heavy atom. The largest absolute Gasteiger partial charge is 0.385 e. The summed E-state index contributed by atoms with van der Waals surface area (Å²) in [5.41, 5.74) is 6.74. The molecule has 1 aromatic carbocycles. The van der Waals surface area contributed by atoms with E-state index < -0.39 is 23.3 Å². The van der Waals surface area contributed by atoms with Gasteiger partial charge in [-0.3, -0.25) is 19.4 Å². The van der Waals surface area contributed by atoms with Crippen LogP contribution in [0, 0.1) is 0 Å². The van der Waals surface area contributed by atoms with Crippen molar-refractivity contribution in [2.24, 2.45) is 5.73 Å². The fourth-order valence-corrected chi connectivity index (χ4v) is 4.30. The Labute approximate surface area is 180 Å². The van der Waals surface area contributed by atoms with Crippen LogP contribution in [0.25, 0.3) is 0 Å². The zero-order valence-electron chi connectivity index (χ0n) is 17.2. The number of nitrogens with zero attached hydrogens (tertiary/aromatic N) is 2. The average molecular weight is 422 g/mol. The van der Waals surface area contributed by atoms with E-state index in [1.54, 1.807) is 4.90 Å². The van der Waals surface area contributed by atoms with Crippen LogP contribution in [-0.4, -0.2) is 39.3 Å². The highest BCUT2D eigenvalue weighted by Crippen LogP contribution is 2.41. The lowest BCUT2D eigenvalue weighted by Crippen LogP contribution is -2.44. The van der Waals surface area contributed by atoms with E-state index >= 15 is 0 Å². The highest BCUT2D eigenvalue weighted by molar-refractivity contribution is 6.39. The standard InChI is InChI=1S/C23H26N4O4/c24-20(28)16-12-18(14-25-13-16)26-21(29)22(30)27-11-2-1-4-19(27)15-5-7-17(8-6-15)23(31)9-3-10-23/h5-8,12-14,19,31H,1-4,9-11H2,(H2,24,28)(H,26,29)/t19-/m0/s1. The van der Waals surface area contributed by atoms with Crippen molar-refractivity contribution in [1.29, 1.82) is 0 Å². The molecule has 4 N–H and O–H groups in total. The van der Waals surface area contributed by atoms with E-state index in [2.05, 4.69) is 10.3 Å². The quantitative estimate of drug-likeness (QED) is 0.652. The van der Waals surface area contributed by atoms with Crippen molar-refractivity contribution in [2.45, 2.75) is 50.2 Å². The summed E-state index contributed by atoms with van der Waals surface area (Å²) >= 11 is 0. The molecule has 3 amide bonds. The summed E-state index contributed by atoms with van der Waals surface area (Å²) < 4.78 is 0. The first kappa shape index (κ1) is 21.0. The van der Waals surface area contributed by atoms with Gasteiger partial charge in [0.1, 0.15) is 0 Å². The molecule has 1 aliphatic heterocycles. The molecular formula is C23H26N4O4. The minimum atomic E-state index is -0.782. The van der Waals surface area contributed by atoms with E-state index in [4.69, 9.17) is 5.73 Å². The van der Waals surface area contributed by atoms with Gasteiger partial charge in [0.25, 0.3) is 0 Å². The average Bonchev–Trinajstić information content (AvgIpc) is 2.77. The molecule has 0 spiro atoms. The number of nitrogens with two attached hydrogens (primary N) is 1.